The molecule has 0 bridgehead atoms. The molecular formula is C12H14N4. The number of benzene rings is 1. The quantitative estimate of drug-likeness (QED) is 0.820. The first-order chi connectivity index (χ1) is 7.75. The molecule has 0 spiro atoms. The topological polar surface area (TPSA) is 63.8 Å². The smallest absolute Gasteiger partial charge is 0.144 e. The van der Waals surface area contributed by atoms with Crippen LogP contribution in [-0.4, -0.2) is 9.97 Å². The summed E-state index contributed by atoms with van der Waals surface area (Å²) in [7, 11) is 0. The molecule has 0 atom stereocenters. The third-order valence-electron chi connectivity index (χ3n) is 2.39. The average molecular weight is 214 g/mol. The molecule has 0 amide bonds. The molecule has 2 rings (SSSR count). The molecule has 0 saturated carbocycles. The number of nitrogens with one attached hydrogen (secondary N) is 1. The number of rotatable bonds is 3. The largest absolute Gasteiger partial charge is 0.382 e. The Morgan fingerprint density at radius 2 is 2.00 bits per heavy atom. The molecule has 0 fully saturated rings. The van der Waals surface area contributed by atoms with Crippen molar-refractivity contribution in [2.45, 2.75) is 13.5 Å². The van der Waals surface area contributed by atoms with Gasteiger partial charge in [-0.05, 0) is 18.1 Å². The molecule has 0 aliphatic rings. The highest BCUT2D eigenvalue weighted by molar-refractivity contribution is 5.38. The molecule has 3 N–H and O–H groups in total. The zero-order chi connectivity index (χ0) is 11.4. The molecule has 1 aromatic heterocycles. The fourth-order valence-corrected chi connectivity index (χ4v) is 1.42. The molecule has 2 aromatic rings. The maximum absolute atomic E-state index is 5.46. The molecule has 4 heteroatoms. The van der Waals surface area contributed by atoms with Gasteiger partial charge >= 0.3 is 0 Å². The maximum Gasteiger partial charge on any atom is 0.144 e. The predicted octanol–water partition coefficient (Wildman–Crippen LogP) is 1.98. The van der Waals surface area contributed by atoms with Gasteiger partial charge in [0.1, 0.15) is 11.6 Å². The van der Waals surface area contributed by atoms with Crippen molar-refractivity contribution in [2.24, 2.45) is 0 Å². The Kier molecular flexibility index (Phi) is 3.00. The van der Waals surface area contributed by atoms with Crippen LogP contribution in [0.1, 0.15) is 11.1 Å². The van der Waals surface area contributed by atoms with Crippen molar-refractivity contribution in [3.63, 3.8) is 0 Å². The first-order valence-corrected chi connectivity index (χ1v) is 5.11. The molecule has 1 aromatic carbocycles. The lowest BCUT2D eigenvalue weighted by Gasteiger charge is -2.07. The van der Waals surface area contributed by atoms with Gasteiger partial charge in [0.05, 0.1) is 12.4 Å². The number of nitrogens with two attached hydrogens (primary N) is 1. The molecule has 0 saturated heterocycles. The van der Waals surface area contributed by atoms with E-state index in [1.54, 1.807) is 12.4 Å². The van der Waals surface area contributed by atoms with E-state index in [-0.39, 0.29) is 0 Å². The monoisotopic (exact) mass is 214 g/mol. The Morgan fingerprint density at radius 3 is 2.69 bits per heavy atom. The number of hydrogen-bond donors (Lipinski definition) is 2. The van der Waals surface area contributed by atoms with E-state index < -0.39 is 0 Å². The van der Waals surface area contributed by atoms with E-state index in [2.05, 4.69) is 34.3 Å². The van der Waals surface area contributed by atoms with Gasteiger partial charge in [-0.1, -0.05) is 24.3 Å². The second kappa shape index (κ2) is 4.61. The molecule has 0 radical (unpaired) electrons. The second-order valence-corrected chi connectivity index (χ2v) is 3.61. The first-order valence-electron chi connectivity index (χ1n) is 5.11. The number of aromatic nitrogens is 2. The Hall–Kier alpha value is -2.10. The van der Waals surface area contributed by atoms with E-state index in [9.17, 15) is 0 Å². The zero-order valence-corrected chi connectivity index (χ0v) is 9.14. The van der Waals surface area contributed by atoms with Crippen LogP contribution in [-0.2, 0) is 6.54 Å². The summed E-state index contributed by atoms with van der Waals surface area (Å²) in [5.74, 6) is 1.17. The average Bonchev–Trinajstić information content (AvgIpc) is 2.30. The molecule has 4 nitrogen and oxygen atoms in total. The van der Waals surface area contributed by atoms with Crippen molar-refractivity contribution < 1.29 is 0 Å². The third kappa shape index (κ3) is 2.48. The summed E-state index contributed by atoms with van der Waals surface area (Å²) in [5, 5.41) is 3.20. The van der Waals surface area contributed by atoms with Gasteiger partial charge in [-0.3, -0.25) is 0 Å². The van der Waals surface area contributed by atoms with Crippen molar-refractivity contribution in [3.05, 3.63) is 47.8 Å². The summed E-state index contributed by atoms with van der Waals surface area (Å²) in [5.41, 5.74) is 7.97. The summed E-state index contributed by atoms with van der Waals surface area (Å²) in [6, 6.07) is 8.24. The SMILES string of the molecule is Cc1ccccc1CNc1cnc(N)cn1. The Bertz CT molecular complexity index is 465. The van der Waals surface area contributed by atoms with Crippen LogP contribution in [0.2, 0.25) is 0 Å². The van der Waals surface area contributed by atoms with Crippen molar-refractivity contribution in [1.82, 2.24) is 9.97 Å². The number of aryl methyl sites for hydroxylation is 1. The van der Waals surface area contributed by atoms with E-state index in [4.69, 9.17) is 5.73 Å². The predicted molar refractivity (Wildman–Crippen MR) is 65.0 cm³/mol. The van der Waals surface area contributed by atoms with Crippen LogP contribution >= 0.6 is 0 Å². The number of hydrogen-bond acceptors (Lipinski definition) is 4. The minimum absolute atomic E-state index is 0.432. The Morgan fingerprint density at radius 1 is 1.19 bits per heavy atom. The summed E-state index contributed by atoms with van der Waals surface area (Å²) in [6.07, 6.45) is 3.17. The fourth-order valence-electron chi connectivity index (χ4n) is 1.42. The van der Waals surface area contributed by atoms with Gasteiger partial charge in [0.2, 0.25) is 0 Å². The third-order valence-corrected chi connectivity index (χ3v) is 2.39. The number of nitrogens with zero attached hydrogens (tertiary/aromatic N) is 2. The summed E-state index contributed by atoms with van der Waals surface area (Å²) in [6.45, 7) is 2.83. The van der Waals surface area contributed by atoms with Gasteiger partial charge in [-0.15, -0.1) is 0 Å². The number of anilines is 2. The van der Waals surface area contributed by atoms with Crippen molar-refractivity contribution in [2.75, 3.05) is 11.1 Å². The van der Waals surface area contributed by atoms with E-state index >= 15 is 0 Å². The van der Waals surface area contributed by atoms with Crippen molar-refractivity contribution in [1.29, 1.82) is 0 Å². The summed E-state index contributed by atoms with van der Waals surface area (Å²) >= 11 is 0. The van der Waals surface area contributed by atoms with Gasteiger partial charge in [-0.2, -0.15) is 0 Å². The van der Waals surface area contributed by atoms with Crippen LogP contribution in [0, 0.1) is 6.92 Å². The molecule has 0 unspecified atom stereocenters. The minimum atomic E-state index is 0.432. The molecule has 16 heavy (non-hydrogen) atoms. The maximum atomic E-state index is 5.46. The van der Waals surface area contributed by atoms with Gasteiger partial charge in [0.15, 0.2) is 0 Å². The van der Waals surface area contributed by atoms with Gasteiger partial charge in [0, 0.05) is 6.54 Å². The number of nitrogen functional groups attached to an aromatic ring is 1. The highest BCUT2D eigenvalue weighted by Crippen LogP contribution is 2.09. The highest BCUT2D eigenvalue weighted by Gasteiger charge is 1.98. The van der Waals surface area contributed by atoms with Crippen LogP contribution in [0.15, 0.2) is 36.7 Å². The van der Waals surface area contributed by atoms with E-state index in [1.807, 2.05) is 12.1 Å². The minimum Gasteiger partial charge on any atom is -0.382 e. The lowest BCUT2D eigenvalue weighted by atomic mass is 10.1. The van der Waals surface area contributed by atoms with Crippen LogP contribution in [0.25, 0.3) is 0 Å². The fraction of sp³-hybridized carbons (Fsp3) is 0.167. The second-order valence-electron chi connectivity index (χ2n) is 3.61. The van der Waals surface area contributed by atoms with E-state index in [0.717, 1.165) is 12.4 Å². The van der Waals surface area contributed by atoms with Crippen molar-refractivity contribution in [3.8, 4) is 0 Å². The van der Waals surface area contributed by atoms with Crippen molar-refractivity contribution >= 4 is 11.6 Å². The molecule has 82 valence electrons. The van der Waals surface area contributed by atoms with E-state index in [0.29, 0.717) is 5.82 Å². The Balaban J connectivity index is 2.02. The van der Waals surface area contributed by atoms with Gasteiger partial charge < -0.3 is 11.1 Å². The Labute approximate surface area is 94.5 Å². The van der Waals surface area contributed by atoms with Crippen LogP contribution in [0.3, 0.4) is 0 Å². The van der Waals surface area contributed by atoms with E-state index in [1.165, 1.54) is 11.1 Å². The lowest BCUT2D eigenvalue weighted by Crippen LogP contribution is -2.03. The van der Waals surface area contributed by atoms with Crippen LogP contribution < -0.4 is 11.1 Å². The summed E-state index contributed by atoms with van der Waals surface area (Å²) in [4.78, 5) is 8.09. The van der Waals surface area contributed by atoms with Crippen LogP contribution in [0.5, 0.6) is 0 Å². The lowest BCUT2D eigenvalue weighted by molar-refractivity contribution is 1.07. The standard InChI is InChI=1S/C12H14N4/c1-9-4-2-3-5-10(9)6-15-12-8-14-11(13)7-16-12/h2-5,7-8H,6H2,1H3,(H2,13,14)(H,15,16). The normalized spacial score (nSPS) is 10.1. The van der Waals surface area contributed by atoms with Gasteiger partial charge in [0.25, 0.3) is 0 Å². The highest BCUT2D eigenvalue weighted by atomic mass is 15.0. The molecular weight excluding hydrogens is 200 g/mol. The van der Waals surface area contributed by atoms with Gasteiger partial charge in [-0.25, -0.2) is 9.97 Å². The first kappa shape index (κ1) is 10.4. The zero-order valence-electron chi connectivity index (χ0n) is 9.14. The molecule has 0 aliphatic carbocycles. The molecule has 0 aliphatic heterocycles. The van der Waals surface area contributed by atoms with Crippen LogP contribution in [0.4, 0.5) is 11.6 Å². The molecule has 1 heterocycles. The summed E-state index contributed by atoms with van der Waals surface area (Å²) < 4.78 is 0.